The summed E-state index contributed by atoms with van der Waals surface area (Å²) in [5.74, 6) is 0. The maximum atomic E-state index is 10.3. The largest absolute Gasteiger partial charge is 0.758 e. The van der Waals surface area contributed by atoms with Crippen LogP contribution >= 0.6 is 0 Å². The Balaban J connectivity index is 3.61. The van der Waals surface area contributed by atoms with Crippen molar-refractivity contribution in [3.05, 3.63) is 0 Å². The lowest BCUT2D eigenvalue weighted by Crippen LogP contribution is -2.26. The predicted molar refractivity (Wildman–Crippen MR) is 37.5 cm³/mol. The molecule has 1 unspecified atom stereocenters. The summed E-state index contributed by atoms with van der Waals surface area (Å²) < 4.78 is 21.5. The number of hydrogen-bond acceptors (Lipinski definition) is 3. The summed E-state index contributed by atoms with van der Waals surface area (Å²) in [5, 5.41) is 0. The third-order valence-corrected chi connectivity index (χ3v) is 1.47. The van der Waals surface area contributed by atoms with Crippen LogP contribution in [-0.2, 0) is 16.1 Å². The number of rotatable bonds is 5. The van der Waals surface area contributed by atoms with Gasteiger partial charge in [0.15, 0.2) is 0 Å². The molecule has 0 saturated carbocycles. The summed E-state index contributed by atoms with van der Waals surface area (Å²) in [7, 11) is 0. The Bertz CT molecular complexity index is 103. The lowest BCUT2D eigenvalue weighted by molar-refractivity contribution is -0.0792. The highest BCUT2D eigenvalue weighted by Crippen LogP contribution is 1.94. The van der Waals surface area contributed by atoms with Crippen LogP contribution in [0, 0.1) is 0 Å². The normalized spacial score (nSPS) is 14.0. The lowest BCUT2D eigenvalue weighted by Gasteiger charge is -2.21. The van der Waals surface area contributed by atoms with Crippen molar-refractivity contribution in [1.82, 2.24) is 4.47 Å². The molecule has 0 fully saturated rings. The first kappa shape index (κ1) is 10.0. The van der Waals surface area contributed by atoms with Crippen molar-refractivity contribution in [2.24, 2.45) is 0 Å². The average Bonchev–Trinajstić information content (AvgIpc) is 1.87. The van der Waals surface area contributed by atoms with E-state index in [1.807, 2.05) is 6.92 Å². The third kappa shape index (κ3) is 3.94. The molecule has 0 aliphatic rings. The van der Waals surface area contributed by atoms with E-state index < -0.39 is 11.3 Å². The Kier molecular flexibility index (Phi) is 5.81. The fourth-order valence-corrected chi connectivity index (χ4v) is 1.03. The molecule has 0 aliphatic carbocycles. The van der Waals surface area contributed by atoms with Crippen molar-refractivity contribution in [2.75, 3.05) is 13.2 Å². The first-order valence-electron chi connectivity index (χ1n) is 3.22. The second kappa shape index (κ2) is 5.79. The SMILES string of the molecule is CCCN(OCC)S(=O)[O-]. The van der Waals surface area contributed by atoms with Gasteiger partial charge in [-0.1, -0.05) is 6.92 Å². The van der Waals surface area contributed by atoms with Crippen LogP contribution in [0.5, 0.6) is 0 Å². The quantitative estimate of drug-likeness (QED) is 0.440. The molecule has 0 aromatic rings. The highest BCUT2D eigenvalue weighted by molar-refractivity contribution is 7.76. The highest BCUT2D eigenvalue weighted by atomic mass is 32.2. The Labute approximate surface area is 63.5 Å². The van der Waals surface area contributed by atoms with E-state index in [1.165, 1.54) is 0 Å². The summed E-state index contributed by atoms with van der Waals surface area (Å²) in [6.45, 7) is 4.44. The molecule has 5 heteroatoms. The van der Waals surface area contributed by atoms with Crippen molar-refractivity contribution in [2.45, 2.75) is 20.3 Å². The van der Waals surface area contributed by atoms with Gasteiger partial charge >= 0.3 is 0 Å². The standard InChI is InChI=1S/C5H13NO3S/c1-3-5-6(9-4-2)10(7)8/h3-5H2,1-2H3,(H,7,8)/p-1. The van der Waals surface area contributed by atoms with Crippen LogP contribution in [-0.4, -0.2) is 26.4 Å². The van der Waals surface area contributed by atoms with Gasteiger partial charge in [0, 0.05) is 17.8 Å². The lowest BCUT2D eigenvalue weighted by atomic mass is 10.5. The van der Waals surface area contributed by atoms with Gasteiger partial charge in [-0.3, -0.25) is 9.05 Å². The minimum atomic E-state index is -2.24. The van der Waals surface area contributed by atoms with Crippen LogP contribution in [0.1, 0.15) is 20.3 Å². The second-order valence-electron chi connectivity index (χ2n) is 1.69. The highest BCUT2D eigenvalue weighted by Gasteiger charge is 2.00. The monoisotopic (exact) mass is 166 g/mol. The molecule has 10 heavy (non-hydrogen) atoms. The zero-order valence-electron chi connectivity index (χ0n) is 6.20. The van der Waals surface area contributed by atoms with E-state index >= 15 is 0 Å². The molecular formula is C5H12NO3S-. The fourth-order valence-electron chi connectivity index (χ4n) is 0.509. The van der Waals surface area contributed by atoms with Crippen molar-refractivity contribution in [3.8, 4) is 0 Å². The van der Waals surface area contributed by atoms with Crippen molar-refractivity contribution >= 4 is 11.3 Å². The molecule has 0 spiro atoms. The van der Waals surface area contributed by atoms with E-state index in [0.29, 0.717) is 13.2 Å². The van der Waals surface area contributed by atoms with Gasteiger partial charge in [-0.05, 0) is 13.3 Å². The summed E-state index contributed by atoms with van der Waals surface area (Å²) in [6.07, 6.45) is 0.758. The molecule has 1 atom stereocenters. The minimum Gasteiger partial charge on any atom is -0.758 e. The van der Waals surface area contributed by atoms with Gasteiger partial charge in [0.25, 0.3) is 0 Å². The molecule has 0 amide bonds. The minimum absolute atomic E-state index is 0.383. The van der Waals surface area contributed by atoms with Crippen LogP contribution in [0.3, 0.4) is 0 Å². The topological polar surface area (TPSA) is 52.6 Å². The molecular weight excluding hydrogens is 154 g/mol. The van der Waals surface area contributed by atoms with Gasteiger partial charge in [-0.15, -0.1) is 4.47 Å². The van der Waals surface area contributed by atoms with Crippen molar-refractivity contribution in [1.29, 1.82) is 0 Å². The zero-order chi connectivity index (χ0) is 7.98. The van der Waals surface area contributed by atoms with E-state index in [4.69, 9.17) is 4.84 Å². The van der Waals surface area contributed by atoms with Crippen LogP contribution < -0.4 is 0 Å². The molecule has 62 valence electrons. The van der Waals surface area contributed by atoms with Gasteiger partial charge in [0.2, 0.25) is 0 Å². The molecule has 0 rings (SSSR count). The van der Waals surface area contributed by atoms with E-state index in [9.17, 15) is 8.76 Å². The molecule has 0 aromatic carbocycles. The average molecular weight is 166 g/mol. The van der Waals surface area contributed by atoms with Gasteiger partial charge in [-0.25, -0.2) is 0 Å². The van der Waals surface area contributed by atoms with Crippen LogP contribution in [0.2, 0.25) is 0 Å². The van der Waals surface area contributed by atoms with Gasteiger partial charge in [0.1, 0.15) is 0 Å². The smallest absolute Gasteiger partial charge is 0.0668 e. The van der Waals surface area contributed by atoms with Gasteiger partial charge in [0.05, 0.1) is 6.61 Å². The predicted octanol–water partition coefficient (Wildman–Crippen LogP) is 0.444. The fraction of sp³-hybridized carbons (Fsp3) is 1.00. The van der Waals surface area contributed by atoms with Gasteiger partial charge < -0.3 is 4.55 Å². The summed E-state index contributed by atoms with van der Waals surface area (Å²) in [4.78, 5) is 4.76. The second-order valence-corrected chi connectivity index (χ2v) is 2.53. The van der Waals surface area contributed by atoms with E-state index in [-0.39, 0.29) is 0 Å². The Morgan fingerprint density at radius 2 is 2.20 bits per heavy atom. The first-order valence-corrected chi connectivity index (χ1v) is 4.25. The van der Waals surface area contributed by atoms with Crippen LogP contribution in [0.15, 0.2) is 0 Å². The van der Waals surface area contributed by atoms with Crippen LogP contribution in [0.4, 0.5) is 0 Å². The first-order chi connectivity index (χ1) is 4.72. The van der Waals surface area contributed by atoms with Gasteiger partial charge in [-0.2, -0.15) is 0 Å². The molecule has 0 saturated heterocycles. The summed E-state index contributed by atoms with van der Waals surface area (Å²) in [6, 6.07) is 0. The van der Waals surface area contributed by atoms with E-state index in [2.05, 4.69) is 0 Å². The Morgan fingerprint density at radius 3 is 2.50 bits per heavy atom. The number of nitrogens with zero attached hydrogens (tertiary/aromatic N) is 1. The molecule has 0 aromatic heterocycles. The van der Waals surface area contributed by atoms with E-state index in [1.54, 1.807) is 6.92 Å². The zero-order valence-corrected chi connectivity index (χ0v) is 7.02. The molecule has 0 heterocycles. The number of hydroxylamine groups is 1. The summed E-state index contributed by atoms with van der Waals surface area (Å²) in [5.41, 5.74) is 0. The molecule has 4 nitrogen and oxygen atoms in total. The van der Waals surface area contributed by atoms with Crippen molar-refractivity contribution < 1.29 is 13.6 Å². The molecule has 0 aliphatic heterocycles. The Hall–Kier alpha value is 0.0300. The Morgan fingerprint density at radius 1 is 1.60 bits per heavy atom. The van der Waals surface area contributed by atoms with Crippen LogP contribution in [0.25, 0.3) is 0 Å². The summed E-state index contributed by atoms with van der Waals surface area (Å²) >= 11 is -2.24. The number of hydrogen-bond donors (Lipinski definition) is 0. The molecule has 0 bridgehead atoms. The van der Waals surface area contributed by atoms with E-state index in [0.717, 1.165) is 10.9 Å². The third-order valence-electron chi connectivity index (χ3n) is 0.846. The maximum Gasteiger partial charge on any atom is 0.0668 e. The maximum absolute atomic E-state index is 10.3. The molecule has 0 radical (unpaired) electrons. The van der Waals surface area contributed by atoms with Crippen molar-refractivity contribution in [3.63, 3.8) is 0 Å². The molecule has 0 N–H and O–H groups in total.